The van der Waals surface area contributed by atoms with Crippen LogP contribution in [0.15, 0.2) is 64.0 Å². The largest absolute Gasteiger partial charge is 0.434 e. The zero-order valence-corrected chi connectivity index (χ0v) is 22.5. The first-order chi connectivity index (χ1) is 19.2. The zero-order chi connectivity index (χ0) is 28.6. The lowest BCUT2D eigenvalue weighted by Gasteiger charge is -2.29. The average Bonchev–Trinajstić information content (AvgIpc) is 3.56. The Morgan fingerprint density at radius 3 is 2.58 bits per heavy atom. The Kier molecular flexibility index (Phi) is 9.49. The van der Waals surface area contributed by atoms with Gasteiger partial charge in [-0.15, -0.1) is 0 Å². The van der Waals surface area contributed by atoms with Crippen LogP contribution in [0.1, 0.15) is 48.9 Å². The van der Waals surface area contributed by atoms with E-state index >= 15 is 0 Å². The van der Waals surface area contributed by atoms with Crippen LogP contribution in [0.5, 0.6) is 0 Å². The molecule has 0 radical (unpaired) electrons. The Labute approximate surface area is 232 Å². The van der Waals surface area contributed by atoms with Crippen LogP contribution in [0, 0.1) is 5.92 Å². The van der Waals surface area contributed by atoms with Gasteiger partial charge in [0.05, 0.1) is 6.04 Å². The van der Waals surface area contributed by atoms with Gasteiger partial charge in [0.1, 0.15) is 17.7 Å². The summed E-state index contributed by atoms with van der Waals surface area (Å²) in [5, 5.41) is 13.5. The number of nitrogens with two attached hydrogens (primary N) is 2. The van der Waals surface area contributed by atoms with Gasteiger partial charge in [-0.1, -0.05) is 49.4 Å². The van der Waals surface area contributed by atoms with Crippen molar-refractivity contribution < 1.29 is 23.9 Å². The smallest absolute Gasteiger partial charge is 0.266 e. The summed E-state index contributed by atoms with van der Waals surface area (Å²) in [6.07, 6.45) is 0.780. The highest BCUT2D eigenvalue weighted by atomic mass is 16.4. The number of nitrogens with zero attached hydrogens (tertiary/aromatic N) is 3. The lowest BCUT2D eigenvalue weighted by molar-refractivity contribution is -0.146. The SMILES string of the molecule is C[C@H]1CCN(C(=O)[C@H](O)CCc2ccccc2)[C@@H]1C(=O)N[C@@H](CCCN=C(N)N)C(=O)c1nc2ccccc2o1. The van der Waals surface area contributed by atoms with E-state index in [4.69, 9.17) is 15.9 Å². The summed E-state index contributed by atoms with van der Waals surface area (Å²) in [5.74, 6) is -1.78. The molecule has 11 heteroatoms. The van der Waals surface area contributed by atoms with E-state index in [0.29, 0.717) is 36.9 Å². The number of benzene rings is 2. The minimum absolute atomic E-state index is 0.0642. The Morgan fingerprint density at radius 2 is 1.85 bits per heavy atom. The fourth-order valence-electron chi connectivity index (χ4n) is 5.01. The summed E-state index contributed by atoms with van der Waals surface area (Å²) in [7, 11) is 0. The van der Waals surface area contributed by atoms with Gasteiger partial charge in [0.2, 0.25) is 11.7 Å². The first kappa shape index (κ1) is 28.8. The quantitative estimate of drug-likeness (QED) is 0.114. The highest BCUT2D eigenvalue weighted by molar-refractivity contribution is 6.01. The number of para-hydroxylation sites is 2. The minimum Gasteiger partial charge on any atom is -0.434 e. The fraction of sp³-hybridized carbons (Fsp3) is 0.414. The molecule has 40 heavy (non-hydrogen) atoms. The molecule has 212 valence electrons. The third-order valence-corrected chi connectivity index (χ3v) is 7.17. The average molecular weight is 549 g/mol. The van der Waals surface area contributed by atoms with Crippen molar-refractivity contribution in [1.29, 1.82) is 0 Å². The molecule has 1 aliphatic rings. The second kappa shape index (κ2) is 13.2. The summed E-state index contributed by atoms with van der Waals surface area (Å²) in [5.41, 5.74) is 12.8. The van der Waals surface area contributed by atoms with Gasteiger partial charge in [0.25, 0.3) is 11.8 Å². The number of aryl methyl sites for hydroxylation is 1. The number of rotatable bonds is 12. The third kappa shape index (κ3) is 7.03. The molecule has 4 atom stereocenters. The summed E-state index contributed by atoms with van der Waals surface area (Å²) < 4.78 is 5.66. The maximum atomic E-state index is 13.6. The van der Waals surface area contributed by atoms with Gasteiger partial charge in [0, 0.05) is 13.1 Å². The van der Waals surface area contributed by atoms with Crippen molar-refractivity contribution in [2.24, 2.45) is 22.4 Å². The van der Waals surface area contributed by atoms with Crippen LogP contribution in [0.3, 0.4) is 0 Å². The van der Waals surface area contributed by atoms with Crippen LogP contribution in [-0.4, -0.2) is 69.8 Å². The molecular formula is C29H36N6O5. The molecule has 1 fully saturated rings. The summed E-state index contributed by atoms with van der Waals surface area (Å²) in [6.45, 7) is 2.49. The number of hydrogen-bond donors (Lipinski definition) is 4. The van der Waals surface area contributed by atoms with Crippen LogP contribution < -0.4 is 16.8 Å². The number of aliphatic imine (C=N–C) groups is 1. The molecule has 2 heterocycles. The van der Waals surface area contributed by atoms with Gasteiger partial charge in [-0.3, -0.25) is 19.4 Å². The van der Waals surface area contributed by atoms with Crippen molar-refractivity contribution >= 4 is 34.7 Å². The molecule has 1 aromatic heterocycles. The Balaban J connectivity index is 1.47. The van der Waals surface area contributed by atoms with Crippen molar-refractivity contribution in [1.82, 2.24) is 15.2 Å². The molecule has 2 amide bonds. The number of ketones is 1. The number of hydrogen-bond acceptors (Lipinski definition) is 7. The number of carbonyl (C=O) groups is 3. The van der Waals surface area contributed by atoms with Gasteiger partial charge >= 0.3 is 0 Å². The fourth-order valence-corrected chi connectivity index (χ4v) is 5.01. The van der Waals surface area contributed by atoms with E-state index in [2.05, 4.69) is 15.3 Å². The van der Waals surface area contributed by atoms with Gasteiger partial charge in [-0.2, -0.15) is 0 Å². The highest BCUT2D eigenvalue weighted by Crippen LogP contribution is 2.26. The van der Waals surface area contributed by atoms with E-state index in [0.717, 1.165) is 5.56 Å². The van der Waals surface area contributed by atoms with Crippen molar-refractivity contribution in [3.05, 3.63) is 66.1 Å². The predicted molar refractivity (Wildman–Crippen MR) is 150 cm³/mol. The molecular weight excluding hydrogens is 512 g/mol. The molecule has 0 saturated carbocycles. The van der Waals surface area contributed by atoms with Crippen LogP contribution in [0.2, 0.25) is 0 Å². The van der Waals surface area contributed by atoms with Gasteiger partial charge in [-0.05, 0) is 55.7 Å². The number of Topliss-reactive ketones (excluding diaryl/α,β-unsaturated/α-hetero) is 1. The number of aliphatic hydroxyl groups is 1. The van der Waals surface area contributed by atoms with Crippen molar-refractivity contribution in [2.75, 3.05) is 13.1 Å². The van der Waals surface area contributed by atoms with Crippen LogP contribution >= 0.6 is 0 Å². The molecule has 0 spiro atoms. The van der Waals surface area contributed by atoms with Crippen LogP contribution in [-0.2, 0) is 16.0 Å². The molecule has 3 aromatic rings. The maximum Gasteiger partial charge on any atom is 0.266 e. The molecule has 4 rings (SSSR count). The van der Waals surface area contributed by atoms with E-state index < -0.39 is 35.8 Å². The number of guanidine groups is 1. The standard InChI is InChI=1S/C29H36N6O5/c1-18-15-17-35(28(39)22(36)14-13-19-8-3-2-4-9-19)24(18)26(38)33-21(11-7-16-32-29(30)31)25(37)27-34-20-10-5-6-12-23(20)40-27/h2-6,8-10,12,18,21-22,24,36H,7,11,13-17H2,1H3,(H,33,38)(H4,30,31,32)/t18-,21-,22+,24-/m0/s1. The van der Waals surface area contributed by atoms with Gasteiger partial charge < -0.3 is 31.2 Å². The topological polar surface area (TPSA) is 177 Å². The Hall–Kier alpha value is -4.25. The van der Waals surface area contributed by atoms with E-state index in [9.17, 15) is 19.5 Å². The number of aromatic nitrogens is 1. The van der Waals surface area contributed by atoms with Crippen molar-refractivity contribution in [3.63, 3.8) is 0 Å². The van der Waals surface area contributed by atoms with Crippen LogP contribution in [0.25, 0.3) is 11.1 Å². The number of fused-ring (bicyclic) bond motifs is 1. The van der Waals surface area contributed by atoms with Gasteiger partial charge in [0.15, 0.2) is 11.5 Å². The van der Waals surface area contributed by atoms with E-state index in [1.165, 1.54) is 4.90 Å². The van der Waals surface area contributed by atoms with Crippen LogP contribution in [0.4, 0.5) is 0 Å². The first-order valence-electron chi connectivity index (χ1n) is 13.5. The first-order valence-corrected chi connectivity index (χ1v) is 13.5. The molecule has 1 aliphatic heterocycles. The summed E-state index contributed by atoms with van der Waals surface area (Å²) in [6, 6.07) is 14.8. The highest BCUT2D eigenvalue weighted by Gasteiger charge is 2.42. The van der Waals surface area contributed by atoms with Crippen molar-refractivity contribution in [2.45, 2.75) is 57.2 Å². The zero-order valence-electron chi connectivity index (χ0n) is 22.5. The van der Waals surface area contributed by atoms with Crippen molar-refractivity contribution in [3.8, 4) is 0 Å². The summed E-state index contributed by atoms with van der Waals surface area (Å²) >= 11 is 0. The normalized spacial score (nSPS) is 18.3. The number of aliphatic hydroxyl groups excluding tert-OH is 1. The molecule has 0 unspecified atom stereocenters. The number of oxazole rings is 1. The Bertz CT molecular complexity index is 1320. The summed E-state index contributed by atoms with van der Waals surface area (Å²) in [4.78, 5) is 49.9. The molecule has 0 bridgehead atoms. The number of nitrogens with one attached hydrogen (secondary N) is 1. The monoisotopic (exact) mass is 548 g/mol. The molecule has 11 nitrogen and oxygen atoms in total. The maximum absolute atomic E-state index is 13.6. The van der Waals surface area contributed by atoms with E-state index in [1.807, 2.05) is 37.3 Å². The Morgan fingerprint density at radius 1 is 1.12 bits per heavy atom. The second-order valence-electron chi connectivity index (χ2n) is 10.1. The number of carbonyl (C=O) groups excluding carboxylic acids is 3. The predicted octanol–water partition coefficient (Wildman–Crippen LogP) is 1.78. The molecule has 1 saturated heterocycles. The second-order valence-corrected chi connectivity index (χ2v) is 10.1. The lowest BCUT2D eigenvalue weighted by atomic mass is 9.99. The van der Waals surface area contributed by atoms with Gasteiger partial charge in [-0.25, -0.2) is 4.98 Å². The minimum atomic E-state index is -1.24. The van der Waals surface area contributed by atoms with E-state index in [-0.39, 0.29) is 37.2 Å². The number of likely N-dealkylation sites (tertiary alicyclic amines) is 1. The lowest BCUT2D eigenvalue weighted by Crippen LogP contribution is -2.54. The van der Waals surface area contributed by atoms with E-state index in [1.54, 1.807) is 24.3 Å². The molecule has 0 aliphatic carbocycles. The number of amides is 2. The third-order valence-electron chi connectivity index (χ3n) is 7.17. The molecule has 6 N–H and O–H groups in total. The molecule has 2 aromatic carbocycles.